The van der Waals surface area contributed by atoms with E-state index in [0.717, 1.165) is 17.0 Å². The standard InChI is InChI=1S/C19H18ClN3O2S/c1-13-7-8-14(11-15(13)20)22-18(24)12-26-19-21-9-10-23(19)16-5-3-4-6-17(16)25-2/h3-11H,12H2,1-2H3,(H,22,24). The number of hydrogen-bond acceptors (Lipinski definition) is 4. The Hall–Kier alpha value is -2.44. The monoisotopic (exact) mass is 387 g/mol. The van der Waals surface area contributed by atoms with E-state index in [2.05, 4.69) is 10.3 Å². The number of carbonyl (C=O) groups excluding carboxylic acids is 1. The summed E-state index contributed by atoms with van der Waals surface area (Å²) in [6.07, 6.45) is 3.55. The van der Waals surface area contributed by atoms with Crippen molar-refractivity contribution in [1.82, 2.24) is 9.55 Å². The molecule has 0 bridgehead atoms. The number of para-hydroxylation sites is 2. The molecule has 0 spiro atoms. The molecule has 1 aromatic heterocycles. The number of thioether (sulfide) groups is 1. The minimum absolute atomic E-state index is 0.121. The van der Waals surface area contributed by atoms with Crippen LogP contribution in [0.3, 0.4) is 0 Å². The minimum Gasteiger partial charge on any atom is -0.495 e. The lowest BCUT2D eigenvalue weighted by atomic mass is 10.2. The third-order valence-electron chi connectivity index (χ3n) is 3.74. The fourth-order valence-corrected chi connectivity index (χ4v) is 3.35. The average molecular weight is 388 g/mol. The summed E-state index contributed by atoms with van der Waals surface area (Å²) in [5.41, 5.74) is 2.53. The maximum absolute atomic E-state index is 12.2. The second-order valence-electron chi connectivity index (χ2n) is 5.55. The topological polar surface area (TPSA) is 56.2 Å². The number of nitrogens with zero attached hydrogens (tertiary/aromatic N) is 2. The number of amides is 1. The maximum Gasteiger partial charge on any atom is 0.234 e. The fraction of sp³-hybridized carbons (Fsp3) is 0.158. The molecule has 0 saturated heterocycles. The fourth-order valence-electron chi connectivity index (χ4n) is 2.41. The van der Waals surface area contributed by atoms with Crippen molar-refractivity contribution >= 4 is 35.0 Å². The van der Waals surface area contributed by atoms with Crippen molar-refractivity contribution in [3.05, 3.63) is 65.4 Å². The Morgan fingerprint density at radius 1 is 1.31 bits per heavy atom. The first-order valence-electron chi connectivity index (χ1n) is 7.94. The van der Waals surface area contributed by atoms with E-state index in [0.29, 0.717) is 15.9 Å². The molecule has 0 aliphatic carbocycles. The lowest BCUT2D eigenvalue weighted by Crippen LogP contribution is -2.14. The predicted molar refractivity (Wildman–Crippen MR) is 106 cm³/mol. The van der Waals surface area contributed by atoms with Gasteiger partial charge in [0, 0.05) is 23.1 Å². The van der Waals surface area contributed by atoms with E-state index in [4.69, 9.17) is 16.3 Å². The van der Waals surface area contributed by atoms with Crippen molar-refractivity contribution in [1.29, 1.82) is 0 Å². The van der Waals surface area contributed by atoms with Crippen LogP contribution in [0.1, 0.15) is 5.56 Å². The zero-order chi connectivity index (χ0) is 18.5. The number of rotatable bonds is 6. The number of aromatic nitrogens is 2. The predicted octanol–water partition coefficient (Wildman–Crippen LogP) is 4.57. The smallest absolute Gasteiger partial charge is 0.234 e. The SMILES string of the molecule is COc1ccccc1-n1ccnc1SCC(=O)Nc1ccc(C)c(Cl)c1. The van der Waals surface area contributed by atoms with Crippen LogP contribution in [0.15, 0.2) is 60.0 Å². The van der Waals surface area contributed by atoms with Crippen LogP contribution in [0.5, 0.6) is 5.75 Å². The highest BCUT2D eigenvalue weighted by Gasteiger charge is 2.12. The van der Waals surface area contributed by atoms with Crippen LogP contribution in [0.25, 0.3) is 5.69 Å². The van der Waals surface area contributed by atoms with Gasteiger partial charge in [0.2, 0.25) is 5.91 Å². The number of halogens is 1. The van der Waals surface area contributed by atoms with Crippen LogP contribution in [-0.2, 0) is 4.79 Å². The van der Waals surface area contributed by atoms with Gasteiger partial charge in [-0.15, -0.1) is 0 Å². The Balaban J connectivity index is 1.68. The molecule has 7 heteroatoms. The lowest BCUT2D eigenvalue weighted by Gasteiger charge is -2.11. The molecule has 134 valence electrons. The first kappa shape index (κ1) is 18.4. The second kappa shape index (κ2) is 8.29. The Kier molecular flexibility index (Phi) is 5.85. The number of ether oxygens (including phenoxy) is 1. The van der Waals surface area contributed by atoms with Gasteiger partial charge in [0.25, 0.3) is 0 Å². The molecule has 0 radical (unpaired) electrons. The van der Waals surface area contributed by atoms with Crippen LogP contribution < -0.4 is 10.1 Å². The van der Waals surface area contributed by atoms with Gasteiger partial charge in [-0.05, 0) is 36.8 Å². The van der Waals surface area contributed by atoms with E-state index < -0.39 is 0 Å². The summed E-state index contributed by atoms with van der Waals surface area (Å²) >= 11 is 7.44. The van der Waals surface area contributed by atoms with Gasteiger partial charge in [-0.1, -0.05) is 41.6 Å². The number of benzene rings is 2. The summed E-state index contributed by atoms with van der Waals surface area (Å²) in [6.45, 7) is 1.92. The van der Waals surface area contributed by atoms with Crippen molar-refractivity contribution in [2.45, 2.75) is 12.1 Å². The Bertz CT molecular complexity index is 927. The normalized spacial score (nSPS) is 10.6. The molecule has 3 rings (SSSR count). The van der Waals surface area contributed by atoms with Crippen LogP contribution in [0.4, 0.5) is 5.69 Å². The Labute approximate surface area is 161 Å². The van der Waals surface area contributed by atoms with E-state index in [-0.39, 0.29) is 11.7 Å². The molecule has 2 aromatic carbocycles. The molecule has 26 heavy (non-hydrogen) atoms. The van der Waals surface area contributed by atoms with Crippen LogP contribution >= 0.6 is 23.4 Å². The van der Waals surface area contributed by atoms with Crippen molar-refractivity contribution in [2.24, 2.45) is 0 Å². The summed E-state index contributed by atoms with van der Waals surface area (Å²) in [5, 5.41) is 4.19. The molecule has 0 aliphatic heterocycles. The molecule has 3 aromatic rings. The first-order valence-corrected chi connectivity index (χ1v) is 9.30. The Morgan fingerprint density at radius 2 is 2.12 bits per heavy atom. The maximum atomic E-state index is 12.2. The van der Waals surface area contributed by atoms with Crippen LogP contribution in [0.2, 0.25) is 5.02 Å². The highest BCUT2D eigenvalue weighted by Crippen LogP contribution is 2.27. The van der Waals surface area contributed by atoms with E-state index in [1.165, 1.54) is 11.8 Å². The molecular weight excluding hydrogens is 370 g/mol. The summed E-state index contributed by atoms with van der Waals surface area (Å²) in [7, 11) is 1.63. The Morgan fingerprint density at radius 3 is 2.88 bits per heavy atom. The summed E-state index contributed by atoms with van der Waals surface area (Å²) < 4.78 is 7.30. The van der Waals surface area contributed by atoms with Gasteiger partial charge in [-0.25, -0.2) is 4.98 Å². The van der Waals surface area contributed by atoms with E-state index >= 15 is 0 Å². The molecule has 1 amide bonds. The molecule has 1 N–H and O–H groups in total. The first-order chi connectivity index (χ1) is 12.6. The van der Waals surface area contributed by atoms with Gasteiger partial charge in [0.1, 0.15) is 5.75 Å². The molecule has 5 nitrogen and oxygen atoms in total. The zero-order valence-electron chi connectivity index (χ0n) is 14.4. The molecule has 0 saturated carbocycles. The van der Waals surface area contributed by atoms with Crippen LogP contribution in [0, 0.1) is 6.92 Å². The number of hydrogen-bond donors (Lipinski definition) is 1. The molecule has 0 atom stereocenters. The second-order valence-corrected chi connectivity index (χ2v) is 6.90. The van der Waals surface area contributed by atoms with Crippen LogP contribution in [-0.4, -0.2) is 28.3 Å². The van der Waals surface area contributed by atoms with Gasteiger partial charge >= 0.3 is 0 Å². The average Bonchev–Trinajstić information content (AvgIpc) is 3.11. The molecule has 1 heterocycles. The third-order valence-corrected chi connectivity index (χ3v) is 5.11. The van der Waals surface area contributed by atoms with Gasteiger partial charge in [-0.3, -0.25) is 9.36 Å². The highest BCUT2D eigenvalue weighted by atomic mass is 35.5. The number of anilines is 1. The van der Waals surface area contributed by atoms with Gasteiger partial charge in [-0.2, -0.15) is 0 Å². The van der Waals surface area contributed by atoms with Gasteiger partial charge in [0.05, 0.1) is 18.6 Å². The zero-order valence-corrected chi connectivity index (χ0v) is 16.0. The van der Waals surface area contributed by atoms with E-state index in [9.17, 15) is 4.79 Å². The summed E-state index contributed by atoms with van der Waals surface area (Å²) in [5.74, 6) is 0.855. The summed E-state index contributed by atoms with van der Waals surface area (Å²) in [6, 6.07) is 13.1. The quantitative estimate of drug-likeness (QED) is 0.629. The molecular formula is C19H18ClN3O2S. The number of nitrogens with one attached hydrogen (secondary N) is 1. The van der Waals surface area contributed by atoms with Crippen molar-refractivity contribution in [3.63, 3.8) is 0 Å². The van der Waals surface area contributed by atoms with Gasteiger partial charge < -0.3 is 10.1 Å². The molecule has 0 aliphatic rings. The minimum atomic E-state index is -0.121. The largest absolute Gasteiger partial charge is 0.495 e. The van der Waals surface area contributed by atoms with E-state index in [1.807, 2.05) is 54.1 Å². The van der Waals surface area contributed by atoms with E-state index in [1.54, 1.807) is 19.4 Å². The van der Waals surface area contributed by atoms with Crippen molar-refractivity contribution < 1.29 is 9.53 Å². The lowest BCUT2D eigenvalue weighted by molar-refractivity contribution is -0.113. The molecule has 0 fully saturated rings. The van der Waals surface area contributed by atoms with Gasteiger partial charge in [0.15, 0.2) is 5.16 Å². The molecule has 0 unspecified atom stereocenters. The number of aryl methyl sites for hydroxylation is 1. The third kappa shape index (κ3) is 4.20. The van der Waals surface area contributed by atoms with Crippen molar-refractivity contribution in [2.75, 3.05) is 18.2 Å². The summed E-state index contributed by atoms with van der Waals surface area (Å²) in [4.78, 5) is 16.6. The number of methoxy groups -OCH3 is 1. The number of carbonyl (C=O) groups is 1. The van der Waals surface area contributed by atoms with Crippen molar-refractivity contribution in [3.8, 4) is 11.4 Å². The number of imidazole rings is 1. The highest BCUT2D eigenvalue weighted by molar-refractivity contribution is 7.99.